The van der Waals surface area contributed by atoms with Crippen LogP contribution in [0.2, 0.25) is 5.02 Å². The van der Waals surface area contributed by atoms with Crippen molar-refractivity contribution >= 4 is 51.1 Å². The maximum atomic E-state index is 12.2. The summed E-state index contributed by atoms with van der Waals surface area (Å²) in [5.41, 5.74) is 0.379. The Hall–Kier alpha value is -2.39. The number of aromatic amines is 1. The molecule has 0 aliphatic heterocycles. The summed E-state index contributed by atoms with van der Waals surface area (Å²) in [5, 5.41) is 14.5. The molecule has 0 aliphatic rings. The Labute approximate surface area is 156 Å². The Balaban J connectivity index is 2.00. The van der Waals surface area contributed by atoms with Gasteiger partial charge in [-0.05, 0) is 28.1 Å². The van der Waals surface area contributed by atoms with Crippen LogP contribution in [0.4, 0.5) is 5.82 Å². The van der Waals surface area contributed by atoms with Crippen LogP contribution in [0.1, 0.15) is 27.8 Å². The van der Waals surface area contributed by atoms with E-state index in [0.717, 1.165) is 0 Å². The molecule has 0 spiro atoms. The lowest BCUT2D eigenvalue weighted by atomic mass is 10.2. The fraction of sp³-hybridized carbons (Fsp3) is 0.200. The minimum Gasteiger partial charge on any atom is -0.355 e. The minimum atomic E-state index is -0.452. The molecule has 0 aliphatic carbocycles. The van der Waals surface area contributed by atoms with Gasteiger partial charge >= 0.3 is 0 Å². The maximum absolute atomic E-state index is 12.2. The third kappa shape index (κ3) is 5.04. The molecule has 2 aromatic rings. The summed E-state index contributed by atoms with van der Waals surface area (Å²) in [6, 6.07) is 6.59. The van der Waals surface area contributed by atoms with Gasteiger partial charge < -0.3 is 16.0 Å². The number of amides is 3. The number of halogens is 2. The van der Waals surface area contributed by atoms with Crippen LogP contribution in [-0.2, 0) is 4.79 Å². The van der Waals surface area contributed by atoms with Gasteiger partial charge in [0.2, 0.25) is 5.91 Å². The van der Waals surface area contributed by atoms with Gasteiger partial charge in [-0.3, -0.25) is 19.5 Å². The molecular weight excluding hydrogens is 414 g/mol. The van der Waals surface area contributed by atoms with E-state index in [1.807, 2.05) is 0 Å². The average molecular weight is 429 g/mol. The lowest BCUT2D eigenvalue weighted by Gasteiger charge is -2.06. The zero-order valence-electron chi connectivity index (χ0n) is 13.2. The summed E-state index contributed by atoms with van der Waals surface area (Å²) in [4.78, 5) is 35.1. The van der Waals surface area contributed by atoms with E-state index in [0.29, 0.717) is 21.6 Å². The molecule has 8 nitrogen and oxygen atoms in total. The van der Waals surface area contributed by atoms with Gasteiger partial charge in [-0.1, -0.05) is 23.7 Å². The number of rotatable bonds is 6. The third-order valence-electron chi connectivity index (χ3n) is 3.06. The summed E-state index contributed by atoms with van der Waals surface area (Å²) in [6.07, 6.45) is 0. The number of hydrogen-bond acceptors (Lipinski definition) is 4. The van der Waals surface area contributed by atoms with Crippen molar-refractivity contribution < 1.29 is 14.4 Å². The van der Waals surface area contributed by atoms with Crippen molar-refractivity contribution in [3.8, 4) is 0 Å². The molecule has 25 heavy (non-hydrogen) atoms. The normalized spacial score (nSPS) is 10.2. The summed E-state index contributed by atoms with van der Waals surface area (Å²) in [5.74, 6) is -0.837. The number of hydrogen-bond donors (Lipinski definition) is 4. The highest BCUT2D eigenvalue weighted by Gasteiger charge is 2.20. The van der Waals surface area contributed by atoms with Crippen molar-refractivity contribution in [3.05, 3.63) is 45.0 Å². The number of H-pyrrole nitrogens is 1. The fourth-order valence-corrected chi connectivity index (χ4v) is 2.56. The average Bonchev–Trinajstić information content (AvgIpc) is 2.92. The zero-order chi connectivity index (χ0) is 18.4. The van der Waals surface area contributed by atoms with E-state index in [1.54, 1.807) is 24.3 Å². The molecule has 3 amide bonds. The molecule has 0 radical (unpaired) electrons. The van der Waals surface area contributed by atoms with Crippen molar-refractivity contribution in [2.75, 3.05) is 18.4 Å². The number of nitrogens with zero attached hydrogens (tertiary/aromatic N) is 1. The highest BCUT2D eigenvalue weighted by molar-refractivity contribution is 9.10. The molecule has 1 aromatic carbocycles. The molecule has 4 N–H and O–H groups in total. The number of carbonyl (C=O) groups excluding carboxylic acids is 3. The molecule has 0 atom stereocenters. The highest BCUT2D eigenvalue weighted by Crippen LogP contribution is 2.25. The van der Waals surface area contributed by atoms with E-state index in [9.17, 15) is 14.4 Å². The minimum absolute atomic E-state index is 0.0808. The summed E-state index contributed by atoms with van der Waals surface area (Å²) in [7, 11) is 0. The van der Waals surface area contributed by atoms with E-state index >= 15 is 0 Å². The topological polar surface area (TPSA) is 116 Å². The van der Waals surface area contributed by atoms with E-state index < -0.39 is 11.8 Å². The fourth-order valence-electron chi connectivity index (χ4n) is 1.89. The Morgan fingerprint density at radius 2 is 1.84 bits per heavy atom. The lowest BCUT2D eigenvalue weighted by Crippen LogP contribution is -2.33. The molecule has 0 saturated carbocycles. The van der Waals surface area contributed by atoms with Crippen molar-refractivity contribution in [3.63, 3.8) is 0 Å². The van der Waals surface area contributed by atoms with Gasteiger partial charge in [-0.2, -0.15) is 5.10 Å². The predicted octanol–water partition coefficient (Wildman–Crippen LogP) is 1.94. The van der Waals surface area contributed by atoms with Crippen molar-refractivity contribution in [1.29, 1.82) is 0 Å². The van der Waals surface area contributed by atoms with Gasteiger partial charge in [0.25, 0.3) is 11.8 Å². The predicted molar refractivity (Wildman–Crippen MR) is 96.7 cm³/mol. The van der Waals surface area contributed by atoms with Crippen LogP contribution in [0.25, 0.3) is 0 Å². The van der Waals surface area contributed by atoms with Gasteiger partial charge in [0, 0.05) is 20.0 Å². The zero-order valence-corrected chi connectivity index (χ0v) is 15.5. The van der Waals surface area contributed by atoms with Crippen LogP contribution in [0.15, 0.2) is 28.7 Å². The van der Waals surface area contributed by atoms with Gasteiger partial charge in [0.1, 0.15) is 5.82 Å². The smallest absolute Gasteiger partial charge is 0.273 e. The molecule has 0 unspecified atom stereocenters. The third-order valence-corrected chi connectivity index (χ3v) is 4.17. The molecule has 0 saturated heterocycles. The molecular formula is C15H15BrClN5O3. The summed E-state index contributed by atoms with van der Waals surface area (Å²) >= 11 is 9.21. The number of carbonyl (C=O) groups is 3. The Morgan fingerprint density at radius 3 is 2.52 bits per heavy atom. The Kier molecular flexibility index (Phi) is 6.54. The van der Waals surface area contributed by atoms with E-state index in [-0.39, 0.29) is 24.0 Å². The SMILES string of the molecule is CC(=O)NCCNC(=O)c1n[nH]c(NC(=O)c2ccccc2Cl)c1Br. The Bertz CT molecular complexity index is 808. The summed E-state index contributed by atoms with van der Waals surface area (Å²) in [6.45, 7) is 1.94. The monoisotopic (exact) mass is 427 g/mol. The highest BCUT2D eigenvalue weighted by atomic mass is 79.9. The summed E-state index contributed by atoms with van der Waals surface area (Å²) < 4.78 is 0.310. The molecule has 1 aromatic heterocycles. The quantitative estimate of drug-likeness (QED) is 0.526. The largest absolute Gasteiger partial charge is 0.355 e. The van der Waals surface area contributed by atoms with Gasteiger partial charge in [0.05, 0.1) is 15.1 Å². The van der Waals surface area contributed by atoms with Crippen LogP contribution in [-0.4, -0.2) is 41.0 Å². The van der Waals surface area contributed by atoms with E-state index in [4.69, 9.17) is 11.6 Å². The number of nitrogens with one attached hydrogen (secondary N) is 4. The molecule has 1 heterocycles. The molecule has 10 heteroatoms. The first-order chi connectivity index (χ1) is 11.9. The van der Waals surface area contributed by atoms with Crippen LogP contribution >= 0.6 is 27.5 Å². The van der Waals surface area contributed by atoms with Crippen LogP contribution < -0.4 is 16.0 Å². The first-order valence-corrected chi connectivity index (χ1v) is 8.39. The van der Waals surface area contributed by atoms with Crippen LogP contribution in [0.5, 0.6) is 0 Å². The second-order valence-corrected chi connectivity index (χ2v) is 6.13. The molecule has 0 fully saturated rings. The van der Waals surface area contributed by atoms with Gasteiger partial charge in [-0.15, -0.1) is 0 Å². The number of aromatic nitrogens is 2. The van der Waals surface area contributed by atoms with Crippen molar-refractivity contribution in [2.45, 2.75) is 6.92 Å². The van der Waals surface area contributed by atoms with Gasteiger partial charge in [-0.25, -0.2) is 0 Å². The van der Waals surface area contributed by atoms with E-state index in [2.05, 4.69) is 42.1 Å². The van der Waals surface area contributed by atoms with Crippen LogP contribution in [0, 0.1) is 0 Å². The molecule has 0 bridgehead atoms. The van der Waals surface area contributed by atoms with Gasteiger partial charge in [0.15, 0.2) is 5.69 Å². The van der Waals surface area contributed by atoms with Crippen molar-refractivity contribution in [2.24, 2.45) is 0 Å². The molecule has 2 rings (SSSR count). The number of benzene rings is 1. The van der Waals surface area contributed by atoms with E-state index in [1.165, 1.54) is 6.92 Å². The lowest BCUT2D eigenvalue weighted by molar-refractivity contribution is -0.118. The number of anilines is 1. The van der Waals surface area contributed by atoms with Crippen LogP contribution in [0.3, 0.4) is 0 Å². The molecule has 132 valence electrons. The second kappa shape index (κ2) is 8.63. The first-order valence-electron chi connectivity index (χ1n) is 7.22. The second-order valence-electron chi connectivity index (χ2n) is 4.93. The standard InChI is InChI=1S/C15H15BrClN5O3/c1-8(23)18-6-7-19-15(25)12-11(16)13(22-21-12)20-14(24)9-4-2-3-5-10(9)17/h2-5H,6-7H2,1H3,(H,18,23)(H,19,25)(H2,20,21,22,24). The maximum Gasteiger partial charge on any atom is 0.273 e. The first kappa shape index (κ1) is 18.9. The van der Waals surface area contributed by atoms with Crippen molar-refractivity contribution in [1.82, 2.24) is 20.8 Å². The Morgan fingerprint density at radius 1 is 1.16 bits per heavy atom.